The van der Waals surface area contributed by atoms with Gasteiger partial charge < -0.3 is 25.4 Å². The predicted octanol–water partition coefficient (Wildman–Crippen LogP) is 4.23. The molecule has 9 nitrogen and oxygen atoms in total. The Labute approximate surface area is 235 Å². The zero-order valence-electron chi connectivity index (χ0n) is 21.9. The van der Waals surface area contributed by atoms with E-state index >= 15 is 0 Å². The molecule has 2 aliphatic carbocycles. The van der Waals surface area contributed by atoms with Crippen molar-refractivity contribution < 1.29 is 23.6 Å². The molecule has 0 spiro atoms. The largest absolute Gasteiger partial charge is 0.350 e. The maximum absolute atomic E-state index is 14.3. The number of halogens is 2. The molecule has 3 unspecified atom stereocenters. The molecule has 11 heteroatoms. The number of carbonyl (C=O) groups excluding carboxylic acids is 4. The summed E-state index contributed by atoms with van der Waals surface area (Å²) in [6, 6.07) is 9.13. The molecule has 1 aromatic heterocycles. The first-order valence-corrected chi connectivity index (χ1v) is 13.8. The number of hydrogen-bond acceptors (Lipinski definition) is 4. The number of nitrogens with zero attached hydrogens (tertiary/aromatic N) is 2. The number of piperidine rings is 1. The van der Waals surface area contributed by atoms with Crippen LogP contribution in [-0.2, 0) is 22.7 Å². The Bertz CT molecular complexity index is 1550. The summed E-state index contributed by atoms with van der Waals surface area (Å²) in [5.74, 6) is -1.02. The number of nitrogens with one attached hydrogen (secondary N) is 3. The molecule has 2 aromatic carbocycles. The van der Waals surface area contributed by atoms with Crippen LogP contribution in [0.5, 0.6) is 0 Å². The topological polar surface area (TPSA) is 113 Å². The summed E-state index contributed by atoms with van der Waals surface area (Å²) in [7, 11) is 0. The number of Topliss-reactive ketones (excluding diaryl/α,β-unsaturated/α-hetero) is 1. The minimum absolute atomic E-state index is 0.000965. The van der Waals surface area contributed by atoms with Crippen molar-refractivity contribution >= 4 is 51.8 Å². The van der Waals surface area contributed by atoms with Gasteiger partial charge in [-0.25, -0.2) is 9.18 Å². The molecule has 2 saturated carbocycles. The van der Waals surface area contributed by atoms with Gasteiger partial charge in [-0.3, -0.25) is 14.4 Å². The Morgan fingerprint density at radius 1 is 1.10 bits per heavy atom. The van der Waals surface area contributed by atoms with Crippen LogP contribution in [0.4, 0.5) is 14.9 Å². The van der Waals surface area contributed by atoms with Crippen molar-refractivity contribution in [1.82, 2.24) is 20.1 Å². The van der Waals surface area contributed by atoms with Crippen molar-refractivity contribution in [3.63, 3.8) is 0 Å². The second-order valence-corrected chi connectivity index (χ2v) is 11.3. The number of rotatable bonds is 8. The lowest BCUT2D eigenvalue weighted by molar-refractivity contribution is -0.140. The standard InChI is InChI=1S/C29H29ClFN5O4/c1-15(37)21-13-35(23-8-7-19(11-20(21)23)34-29(40)33-18-5-6-18)14-26(38)36-24-9-17(24)10-25(36)28(39)32-12-16-3-2-4-22(30)27(16)31/h2-4,7-8,11,13,17-18,24-25H,5-6,9-10,12,14H2,1H3,(H,32,39)(H2,33,34,40). The van der Waals surface area contributed by atoms with Crippen LogP contribution < -0.4 is 16.0 Å². The molecule has 3 aromatic rings. The van der Waals surface area contributed by atoms with Gasteiger partial charge in [0.25, 0.3) is 0 Å². The molecule has 40 heavy (non-hydrogen) atoms. The lowest BCUT2D eigenvalue weighted by Gasteiger charge is -2.27. The second kappa shape index (κ2) is 10.2. The minimum atomic E-state index is -0.645. The SMILES string of the molecule is CC(=O)c1cn(CC(=O)N2C(C(=O)NCc3cccc(Cl)c3F)CC3CC32)c2ccc(NC(=O)NC3CC3)cc12. The number of carbonyl (C=O) groups is 4. The van der Waals surface area contributed by atoms with Gasteiger partial charge in [-0.2, -0.15) is 0 Å². The fraction of sp³-hybridized carbons (Fsp3) is 0.379. The average Bonchev–Trinajstić information content (AvgIpc) is 3.82. The molecule has 1 aliphatic heterocycles. The van der Waals surface area contributed by atoms with Crippen molar-refractivity contribution in [2.24, 2.45) is 5.92 Å². The molecule has 3 aliphatic rings. The molecule has 0 radical (unpaired) electrons. The molecule has 0 bridgehead atoms. The lowest BCUT2D eigenvalue weighted by Crippen LogP contribution is -2.48. The fourth-order valence-corrected chi connectivity index (χ4v) is 5.82. The summed E-state index contributed by atoms with van der Waals surface area (Å²) in [5, 5.41) is 9.05. The first-order valence-electron chi connectivity index (χ1n) is 13.4. The van der Waals surface area contributed by atoms with E-state index in [0.29, 0.717) is 28.6 Å². The molecule has 4 amide bonds. The fourth-order valence-electron chi connectivity index (χ4n) is 5.63. The number of aromatic nitrogens is 1. The first kappa shape index (κ1) is 26.3. The third kappa shape index (κ3) is 5.15. The van der Waals surface area contributed by atoms with Crippen molar-refractivity contribution in [3.8, 4) is 0 Å². The molecule has 6 rings (SSSR count). The summed E-state index contributed by atoms with van der Waals surface area (Å²) in [6.07, 6.45) is 5.00. The van der Waals surface area contributed by atoms with Crippen molar-refractivity contribution in [3.05, 3.63) is 64.6 Å². The number of urea groups is 1. The highest BCUT2D eigenvalue weighted by Crippen LogP contribution is 2.48. The van der Waals surface area contributed by atoms with E-state index < -0.39 is 11.9 Å². The van der Waals surface area contributed by atoms with Gasteiger partial charge in [-0.15, -0.1) is 0 Å². The van der Waals surface area contributed by atoms with E-state index in [1.807, 2.05) is 0 Å². The molecule has 208 valence electrons. The van der Waals surface area contributed by atoms with Gasteiger partial charge in [0.05, 0.1) is 5.02 Å². The highest BCUT2D eigenvalue weighted by Gasteiger charge is 2.55. The number of fused-ring (bicyclic) bond motifs is 2. The smallest absolute Gasteiger partial charge is 0.319 e. The van der Waals surface area contributed by atoms with Crippen LogP contribution >= 0.6 is 11.6 Å². The van der Waals surface area contributed by atoms with E-state index in [-0.39, 0.29) is 65.3 Å². The number of hydrogen-bond donors (Lipinski definition) is 3. The summed E-state index contributed by atoms with van der Waals surface area (Å²) in [4.78, 5) is 53.0. The van der Waals surface area contributed by atoms with Gasteiger partial charge in [-0.05, 0) is 62.8 Å². The highest BCUT2D eigenvalue weighted by atomic mass is 35.5. The third-order valence-electron chi connectivity index (χ3n) is 7.92. The number of anilines is 1. The zero-order chi connectivity index (χ0) is 28.1. The van der Waals surface area contributed by atoms with E-state index in [9.17, 15) is 23.6 Å². The van der Waals surface area contributed by atoms with Crippen LogP contribution in [0.25, 0.3) is 10.9 Å². The second-order valence-electron chi connectivity index (χ2n) is 10.9. The van der Waals surface area contributed by atoms with E-state index in [1.54, 1.807) is 46.0 Å². The number of benzene rings is 2. The van der Waals surface area contributed by atoms with Crippen LogP contribution in [-0.4, -0.2) is 51.2 Å². The Morgan fingerprint density at radius 3 is 2.65 bits per heavy atom. The predicted molar refractivity (Wildman–Crippen MR) is 148 cm³/mol. The molecular weight excluding hydrogens is 537 g/mol. The third-order valence-corrected chi connectivity index (χ3v) is 8.21. The van der Waals surface area contributed by atoms with Crippen molar-refractivity contribution in [1.29, 1.82) is 0 Å². The van der Waals surface area contributed by atoms with Gasteiger partial charge in [-0.1, -0.05) is 23.7 Å². The minimum Gasteiger partial charge on any atom is -0.350 e. The van der Waals surface area contributed by atoms with E-state index in [4.69, 9.17) is 11.6 Å². The lowest BCUT2D eigenvalue weighted by atomic mass is 10.1. The number of amides is 4. The summed E-state index contributed by atoms with van der Waals surface area (Å²) in [6.45, 7) is 1.38. The Morgan fingerprint density at radius 2 is 1.90 bits per heavy atom. The van der Waals surface area contributed by atoms with E-state index in [2.05, 4.69) is 16.0 Å². The summed E-state index contributed by atoms with van der Waals surface area (Å²) < 4.78 is 16.0. The zero-order valence-corrected chi connectivity index (χ0v) is 22.6. The number of likely N-dealkylation sites (tertiary alicyclic amines) is 1. The molecular formula is C29H29ClFN5O4. The maximum atomic E-state index is 14.3. The van der Waals surface area contributed by atoms with Crippen LogP contribution in [0.3, 0.4) is 0 Å². The molecule has 3 N–H and O–H groups in total. The molecule has 3 fully saturated rings. The summed E-state index contributed by atoms with van der Waals surface area (Å²) >= 11 is 5.85. The van der Waals surface area contributed by atoms with Gasteiger partial charge in [0, 0.05) is 52.5 Å². The van der Waals surface area contributed by atoms with Gasteiger partial charge >= 0.3 is 6.03 Å². The summed E-state index contributed by atoms with van der Waals surface area (Å²) in [5.41, 5.74) is 1.94. The Kier molecular flexibility index (Phi) is 6.74. The van der Waals surface area contributed by atoms with Crippen LogP contribution in [0.15, 0.2) is 42.6 Å². The average molecular weight is 566 g/mol. The Balaban J connectivity index is 1.18. The van der Waals surface area contributed by atoms with Crippen LogP contribution in [0, 0.1) is 11.7 Å². The quantitative estimate of drug-likeness (QED) is 0.355. The van der Waals surface area contributed by atoms with E-state index in [0.717, 1.165) is 19.3 Å². The highest BCUT2D eigenvalue weighted by molar-refractivity contribution is 6.30. The van der Waals surface area contributed by atoms with Crippen LogP contribution in [0.1, 0.15) is 48.5 Å². The van der Waals surface area contributed by atoms with Gasteiger partial charge in [0.15, 0.2) is 5.78 Å². The normalized spacial score (nSPS) is 21.2. The number of ketones is 1. The molecule has 2 heterocycles. The Hall–Kier alpha value is -3.92. The van der Waals surface area contributed by atoms with Crippen LogP contribution in [0.2, 0.25) is 5.02 Å². The van der Waals surface area contributed by atoms with Crippen molar-refractivity contribution in [2.45, 2.75) is 63.8 Å². The molecule has 3 atom stereocenters. The van der Waals surface area contributed by atoms with Crippen molar-refractivity contribution in [2.75, 3.05) is 5.32 Å². The molecule has 1 saturated heterocycles. The van der Waals surface area contributed by atoms with Gasteiger partial charge in [0.2, 0.25) is 11.8 Å². The maximum Gasteiger partial charge on any atom is 0.319 e. The van der Waals surface area contributed by atoms with E-state index in [1.165, 1.54) is 13.0 Å². The monoisotopic (exact) mass is 565 g/mol. The van der Waals surface area contributed by atoms with Gasteiger partial charge in [0.1, 0.15) is 18.4 Å². The first-order chi connectivity index (χ1) is 19.2.